The first-order valence-corrected chi connectivity index (χ1v) is 11.6. The molecule has 0 unspecified atom stereocenters. The lowest BCUT2D eigenvalue weighted by molar-refractivity contribution is -0.118. The van der Waals surface area contributed by atoms with E-state index in [4.69, 9.17) is 4.74 Å². The Morgan fingerprint density at radius 1 is 0.879 bits per heavy atom. The van der Waals surface area contributed by atoms with Gasteiger partial charge in [-0.1, -0.05) is 69.3 Å². The van der Waals surface area contributed by atoms with Crippen molar-refractivity contribution in [2.24, 2.45) is 0 Å². The second-order valence-corrected chi connectivity index (χ2v) is 9.68. The summed E-state index contributed by atoms with van der Waals surface area (Å²) in [5.74, 6) is 0.478. The van der Waals surface area contributed by atoms with Crippen molar-refractivity contribution in [1.82, 2.24) is 0 Å². The van der Waals surface area contributed by atoms with E-state index in [-0.39, 0.29) is 23.7 Å². The third-order valence-electron chi connectivity index (χ3n) is 6.13. The lowest BCUT2D eigenvalue weighted by Gasteiger charge is -2.19. The van der Waals surface area contributed by atoms with Crippen molar-refractivity contribution < 1.29 is 14.3 Å². The molecular weight excluding hydrogens is 410 g/mol. The Labute approximate surface area is 196 Å². The van der Waals surface area contributed by atoms with Crippen LogP contribution in [0.25, 0.3) is 0 Å². The Hall–Kier alpha value is -3.40. The molecular formula is C29H31NO3. The van der Waals surface area contributed by atoms with Crippen LogP contribution in [0.3, 0.4) is 0 Å². The Balaban J connectivity index is 1.40. The van der Waals surface area contributed by atoms with Crippen molar-refractivity contribution in [2.75, 3.05) is 11.9 Å². The van der Waals surface area contributed by atoms with Crippen molar-refractivity contribution >= 4 is 17.4 Å². The zero-order valence-corrected chi connectivity index (χ0v) is 19.6. The predicted molar refractivity (Wildman–Crippen MR) is 132 cm³/mol. The fourth-order valence-electron chi connectivity index (χ4n) is 4.25. The number of ether oxygens (including phenoxy) is 1. The molecule has 1 amide bonds. The second kappa shape index (κ2) is 9.62. The van der Waals surface area contributed by atoms with E-state index in [0.717, 1.165) is 25.0 Å². The van der Waals surface area contributed by atoms with Crippen molar-refractivity contribution in [3.63, 3.8) is 0 Å². The van der Waals surface area contributed by atoms with Crippen LogP contribution in [0.1, 0.15) is 66.2 Å². The van der Waals surface area contributed by atoms with Gasteiger partial charge < -0.3 is 10.1 Å². The van der Waals surface area contributed by atoms with Gasteiger partial charge in [0.15, 0.2) is 12.4 Å². The van der Waals surface area contributed by atoms with Crippen LogP contribution in [-0.2, 0) is 23.1 Å². The minimum absolute atomic E-state index is 0.0346. The summed E-state index contributed by atoms with van der Waals surface area (Å²) in [6, 6.07) is 20.8. The van der Waals surface area contributed by atoms with E-state index in [1.54, 1.807) is 24.3 Å². The number of ketones is 1. The van der Waals surface area contributed by atoms with E-state index < -0.39 is 0 Å². The van der Waals surface area contributed by atoms with E-state index in [2.05, 4.69) is 32.2 Å². The van der Waals surface area contributed by atoms with Crippen LogP contribution in [0.2, 0.25) is 0 Å². The maximum Gasteiger partial charge on any atom is 0.262 e. The molecule has 0 saturated heterocycles. The van der Waals surface area contributed by atoms with Crippen molar-refractivity contribution in [3.05, 3.63) is 94.5 Å². The Morgan fingerprint density at radius 3 is 2.36 bits per heavy atom. The quantitative estimate of drug-likeness (QED) is 0.470. The van der Waals surface area contributed by atoms with Crippen LogP contribution < -0.4 is 10.1 Å². The van der Waals surface area contributed by atoms with E-state index >= 15 is 0 Å². The molecule has 4 nitrogen and oxygen atoms in total. The first-order valence-electron chi connectivity index (χ1n) is 11.6. The van der Waals surface area contributed by atoms with E-state index in [1.807, 2.05) is 36.4 Å². The third-order valence-corrected chi connectivity index (χ3v) is 6.13. The number of anilines is 1. The number of aryl methyl sites for hydroxylation is 1. The number of amides is 1. The van der Waals surface area contributed by atoms with Gasteiger partial charge in [0, 0.05) is 16.8 Å². The molecule has 1 N–H and O–H groups in total. The van der Waals surface area contributed by atoms with Crippen LogP contribution in [-0.4, -0.2) is 18.3 Å². The Kier molecular flexibility index (Phi) is 6.64. The summed E-state index contributed by atoms with van der Waals surface area (Å²) in [6.45, 7) is 6.37. The molecule has 0 atom stereocenters. The van der Waals surface area contributed by atoms with E-state index in [1.165, 1.54) is 23.1 Å². The molecule has 0 heterocycles. The number of carbonyl (C=O) groups is 2. The number of hydrogen-bond donors (Lipinski definition) is 1. The van der Waals surface area contributed by atoms with E-state index in [0.29, 0.717) is 16.8 Å². The number of rotatable bonds is 6. The van der Waals surface area contributed by atoms with Crippen molar-refractivity contribution in [3.8, 4) is 5.75 Å². The van der Waals surface area contributed by atoms with Crippen LogP contribution in [0.5, 0.6) is 5.75 Å². The van der Waals surface area contributed by atoms with Crippen LogP contribution >= 0.6 is 0 Å². The van der Waals surface area contributed by atoms with Gasteiger partial charge in [-0.3, -0.25) is 9.59 Å². The molecule has 0 aromatic heterocycles. The lowest BCUT2D eigenvalue weighted by atomic mass is 9.86. The molecule has 0 fully saturated rings. The molecule has 3 aromatic carbocycles. The maximum absolute atomic E-state index is 13.0. The van der Waals surface area contributed by atoms with Crippen molar-refractivity contribution in [1.29, 1.82) is 0 Å². The molecule has 33 heavy (non-hydrogen) atoms. The third kappa shape index (κ3) is 5.51. The van der Waals surface area contributed by atoms with Gasteiger partial charge in [-0.25, -0.2) is 0 Å². The number of fused-ring (bicyclic) bond motifs is 1. The molecule has 0 aliphatic heterocycles. The molecule has 0 bridgehead atoms. The summed E-state index contributed by atoms with van der Waals surface area (Å²) in [7, 11) is 0. The molecule has 1 aliphatic carbocycles. The van der Waals surface area contributed by atoms with Gasteiger partial charge in [0.2, 0.25) is 0 Å². The van der Waals surface area contributed by atoms with Crippen LogP contribution in [0, 0.1) is 0 Å². The molecule has 3 aromatic rings. The minimum atomic E-state index is -0.248. The minimum Gasteiger partial charge on any atom is -0.483 e. The first kappa shape index (κ1) is 22.8. The second-order valence-electron chi connectivity index (χ2n) is 9.68. The maximum atomic E-state index is 13.0. The smallest absolute Gasteiger partial charge is 0.262 e. The van der Waals surface area contributed by atoms with Gasteiger partial charge in [0.25, 0.3) is 5.91 Å². The zero-order chi connectivity index (χ0) is 23.4. The lowest BCUT2D eigenvalue weighted by Crippen LogP contribution is -2.21. The highest BCUT2D eigenvalue weighted by molar-refractivity contribution is 6.09. The molecule has 0 spiro atoms. The first-order chi connectivity index (χ1) is 15.8. The zero-order valence-electron chi connectivity index (χ0n) is 19.6. The molecule has 0 radical (unpaired) electrons. The van der Waals surface area contributed by atoms with Gasteiger partial charge >= 0.3 is 0 Å². The van der Waals surface area contributed by atoms with E-state index in [9.17, 15) is 9.59 Å². The number of hydrogen-bond acceptors (Lipinski definition) is 3. The van der Waals surface area contributed by atoms with Gasteiger partial charge in [-0.2, -0.15) is 0 Å². The largest absolute Gasteiger partial charge is 0.483 e. The summed E-state index contributed by atoms with van der Waals surface area (Å²) in [4.78, 5) is 25.5. The highest BCUT2D eigenvalue weighted by Crippen LogP contribution is 2.29. The summed E-state index contributed by atoms with van der Waals surface area (Å²) >= 11 is 0. The predicted octanol–water partition coefficient (Wildman–Crippen LogP) is 6.11. The van der Waals surface area contributed by atoms with Crippen molar-refractivity contribution in [2.45, 2.75) is 51.9 Å². The number of benzene rings is 3. The Morgan fingerprint density at radius 2 is 1.61 bits per heavy atom. The average molecular weight is 442 g/mol. The summed E-state index contributed by atoms with van der Waals surface area (Å²) in [5.41, 5.74) is 5.50. The fourth-order valence-corrected chi connectivity index (χ4v) is 4.25. The molecule has 4 heteroatoms. The molecule has 170 valence electrons. The summed E-state index contributed by atoms with van der Waals surface area (Å²) in [5, 5.41) is 2.85. The number of nitrogens with one attached hydrogen (secondary N) is 1. The van der Waals surface area contributed by atoms with Crippen LogP contribution in [0.4, 0.5) is 5.69 Å². The van der Waals surface area contributed by atoms with Gasteiger partial charge in [0.1, 0.15) is 5.75 Å². The molecule has 0 saturated carbocycles. The highest BCUT2D eigenvalue weighted by Gasteiger charge is 2.17. The van der Waals surface area contributed by atoms with Crippen LogP contribution in [0.15, 0.2) is 66.7 Å². The molecule has 1 aliphatic rings. The average Bonchev–Trinajstić information content (AvgIpc) is 2.82. The summed E-state index contributed by atoms with van der Waals surface area (Å²) < 4.78 is 5.85. The normalized spacial score (nSPS) is 13.2. The van der Waals surface area contributed by atoms with Gasteiger partial charge in [0.05, 0.1) is 0 Å². The summed E-state index contributed by atoms with van der Waals surface area (Å²) in [6.07, 6.45) is 4.42. The number of carbonyl (C=O) groups excluding carboxylic acids is 2. The molecule has 4 rings (SSSR count). The van der Waals surface area contributed by atoms with Gasteiger partial charge in [-0.15, -0.1) is 0 Å². The SMILES string of the molecule is CC(C)(C)c1ccc(C(=O)c2cccc(NC(=O)COc3cccc4c3CCCC4)c2)cc1. The highest BCUT2D eigenvalue weighted by atomic mass is 16.5. The fraction of sp³-hybridized carbons (Fsp3) is 0.310. The topological polar surface area (TPSA) is 55.4 Å². The monoisotopic (exact) mass is 441 g/mol. The van der Waals surface area contributed by atoms with Gasteiger partial charge in [-0.05, 0) is 66.0 Å². The standard InChI is InChI=1S/C29H31NO3/c1-29(2,3)23-16-14-21(15-17-23)28(32)22-10-6-11-24(18-22)30-27(31)19-33-26-13-7-9-20-8-4-5-12-25(20)26/h6-7,9-11,13-18H,4-5,8,12,19H2,1-3H3,(H,30,31). The Bertz CT molecular complexity index is 1160.